The predicted octanol–water partition coefficient (Wildman–Crippen LogP) is 4.47. The minimum Gasteiger partial charge on any atom is -0.413 e. The number of fused-ring (bicyclic) bond motifs is 1. The zero-order valence-corrected chi connectivity index (χ0v) is 14.3. The van der Waals surface area contributed by atoms with E-state index in [1.807, 2.05) is 6.08 Å². The van der Waals surface area contributed by atoms with Crippen molar-refractivity contribution in [3.05, 3.63) is 11.6 Å². The van der Waals surface area contributed by atoms with Crippen LogP contribution in [0.1, 0.15) is 53.4 Å². The lowest BCUT2D eigenvalue weighted by Crippen LogP contribution is -2.47. The van der Waals surface area contributed by atoms with Crippen molar-refractivity contribution >= 4 is 14.1 Å². The lowest BCUT2D eigenvalue weighted by molar-refractivity contribution is -0.116. The summed E-state index contributed by atoms with van der Waals surface area (Å²) in [7, 11) is -1.72. The summed E-state index contributed by atoms with van der Waals surface area (Å²) >= 11 is 0. The normalized spacial score (nSPS) is 32.2. The summed E-state index contributed by atoms with van der Waals surface area (Å²) in [5.41, 5.74) is 1.45. The van der Waals surface area contributed by atoms with Crippen LogP contribution in [0.25, 0.3) is 0 Å². The molecule has 1 fully saturated rings. The van der Waals surface area contributed by atoms with Gasteiger partial charge in [-0.15, -0.1) is 0 Å². The smallest absolute Gasteiger partial charge is 0.192 e. The van der Waals surface area contributed by atoms with Gasteiger partial charge in [0.2, 0.25) is 0 Å². The van der Waals surface area contributed by atoms with Gasteiger partial charge in [-0.25, -0.2) is 0 Å². The Morgan fingerprint density at radius 2 is 1.95 bits per heavy atom. The maximum atomic E-state index is 11.6. The van der Waals surface area contributed by atoms with Crippen molar-refractivity contribution in [2.24, 2.45) is 5.41 Å². The molecular formula is C16H28O2Si. The number of ketones is 1. The van der Waals surface area contributed by atoms with Crippen LogP contribution in [-0.4, -0.2) is 20.2 Å². The number of hydrogen-bond acceptors (Lipinski definition) is 2. The molecule has 2 aliphatic rings. The monoisotopic (exact) mass is 280 g/mol. The molecule has 0 aromatic heterocycles. The van der Waals surface area contributed by atoms with E-state index in [1.165, 1.54) is 5.57 Å². The highest BCUT2D eigenvalue weighted by molar-refractivity contribution is 6.74. The summed E-state index contributed by atoms with van der Waals surface area (Å²) in [5.74, 6) is 0.306. The molecule has 0 heterocycles. The van der Waals surface area contributed by atoms with Crippen molar-refractivity contribution in [3.63, 3.8) is 0 Å². The Hall–Kier alpha value is -0.413. The van der Waals surface area contributed by atoms with Gasteiger partial charge < -0.3 is 4.43 Å². The van der Waals surface area contributed by atoms with Gasteiger partial charge in [-0.3, -0.25) is 4.79 Å². The van der Waals surface area contributed by atoms with E-state index in [2.05, 4.69) is 40.8 Å². The van der Waals surface area contributed by atoms with Crippen LogP contribution in [0.4, 0.5) is 0 Å². The van der Waals surface area contributed by atoms with Gasteiger partial charge in [0.25, 0.3) is 0 Å². The summed E-state index contributed by atoms with van der Waals surface area (Å²) in [6.07, 6.45) is 6.00. The summed E-state index contributed by atoms with van der Waals surface area (Å²) in [4.78, 5) is 11.6. The Morgan fingerprint density at radius 1 is 1.32 bits per heavy atom. The van der Waals surface area contributed by atoms with Crippen molar-refractivity contribution in [3.8, 4) is 0 Å². The second kappa shape index (κ2) is 4.56. The van der Waals surface area contributed by atoms with E-state index in [0.29, 0.717) is 18.3 Å². The van der Waals surface area contributed by atoms with Crippen molar-refractivity contribution in [2.45, 2.75) is 77.6 Å². The van der Waals surface area contributed by atoms with Crippen LogP contribution in [0.2, 0.25) is 18.1 Å². The van der Waals surface area contributed by atoms with Crippen molar-refractivity contribution in [2.75, 3.05) is 0 Å². The predicted molar refractivity (Wildman–Crippen MR) is 81.7 cm³/mol. The van der Waals surface area contributed by atoms with Crippen molar-refractivity contribution < 1.29 is 9.22 Å². The summed E-state index contributed by atoms with van der Waals surface area (Å²) in [6.45, 7) is 13.8. The average molecular weight is 280 g/mol. The van der Waals surface area contributed by atoms with Gasteiger partial charge in [-0.1, -0.05) is 33.3 Å². The lowest BCUT2D eigenvalue weighted by atomic mass is 9.74. The van der Waals surface area contributed by atoms with Crippen LogP contribution < -0.4 is 0 Å². The molecule has 108 valence electrons. The Bertz CT molecular complexity index is 417. The van der Waals surface area contributed by atoms with Crippen LogP contribution in [0.5, 0.6) is 0 Å². The third-order valence-corrected chi connectivity index (χ3v) is 10.1. The molecule has 1 unspecified atom stereocenters. The Balaban J connectivity index is 2.20. The van der Waals surface area contributed by atoms with Crippen LogP contribution in [-0.2, 0) is 9.22 Å². The molecule has 2 aliphatic carbocycles. The first kappa shape index (κ1) is 15.0. The summed E-state index contributed by atoms with van der Waals surface area (Å²) < 4.78 is 6.66. The van der Waals surface area contributed by atoms with Gasteiger partial charge in [0.15, 0.2) is 14.1 Å². The number of hydrogen-bond donors (Lipinski definition) is 0. The molecule has 0 radical (unpaired) electrons. The molecular weight excluding hydrogens is 252 g/mol. The second-order valence-electron chi connectivity index (χ2n) is 7.96. The fraction of sp³-hybridized carbons (Fsp3) is 0.812. The lowest BCUT2D eigenvalue weighted by Gasteiger charge is -2.44. The Labute approximate surface area is 118 Å². The molecule has 0 aliphatic heterocycles. The third kappa shape index (κ3) is 2.59. The van der Waals surface area contributed by atoms with Gasteiger partial charge in [0.05, 0.1) is 6.10 Å². The zero-order chi connectivity index (χ0) is 14.5. The van der Waals surface area contributed by atoms with Crippen LogP contribution >= 0.6 is 0 Å². The number of carbonyl (C=O) groups excluding carboxylic acids is 1. The fourth-order valence-corrected chi connectivity index (χ4v) is 4.47. The topological polar surface area (TPSA) is 26.3 Å². The van der Waals surface area contributed by atoms with E-state index in [4.69, 9.17) is 4.43 Å². The molecule has 0 amide bonds. The first-order valence-electron chi connectivity index (χ1n) is 7.48. The molecule has 0 bridgehead atoms. The minimum atomic E-state index is -1.72. The molecule has 0 N–H and O–H groups in total. The Morgan fingerprint density at radius 3 is 2.53 bits per heavy atom. The largest absolute Gasteiger partial charge is 0.413 e. The number of rotatable bonds is 2. The molecule has 0 saturated heterocycles. The van der Waals surface area contributed by atoms with Gasteiger partial charge >= 0.3 is 0 Å². The van der Waals surface area contributed by atoms with Gasteiger partial charge in [0, 0.05) is 11.8 Å². The maximum Gasteiger partial charge on any atom is 0.192 e. The highest BCUT2D eigenvalue weighted by Gasteiger charge is 2.49. The molecule has 2 atom stereocenters. The standard InChI is InChI=1S/C16H28O2Si/c1-15(2,3)19(5,6)18-14-8-7-12-11-13(17)9-10-16(12,14)4/h11,14H,7-10H2,1-6H3/t14?,16-/m0/s1. The highest BCUT2D eigenvalue weighted by Crippen LogP contribution is 2.52. The first-order valence-corrected chi connectivity index (χ1v) is 10.4. The maximum absolute atomic E-state index is 11.6. The summed E-state index contributed by atoms with van der Waals surface area (Å²) in [6, 6.07) is 0. The van der Waals surface area contributed by atoms with Gasteiger partial charge in [-0.2, -0.15) is 0 Å². The van der Waals surface area contributed by atoms with E-state index in [9.17, 15) is 4.79 Å². The molecule has 0 spiro atoms. The van der Waals surface area contributed by atoms with Gasteiger partial charge in [0.1, 0.15) is 0 Å². The number of allylic oxidation sites excluding steroid dienone is 1. The zero-order valence-electron chi connectivity index (χ0n) is 13.3. The van der Waals surface area contributed by atoms with Crippen molar-refractivity contribution in [1.29, 1.82) is 0 Å². The van der Waals surface area contributed by atoms with E-state index in [0.717, 1.165) is 19.3 Å². The van der Waals surface area contributed by atoms with Crippen LogP contribution in [0, 0.1) is 5.41 Å². The molecule has 2 nitrogen and oxygen atoms in total. The summed E-state index contributed by atoms with van der Waals surface area (Å²) in [5, 5.41) is 0.250. The SMILES string of the molecule is CC(C)(C)[Si](C)(C)OC1CCC2=CC(=O)CC[C@@]21C. The quantitative estimate of drug-likeness (QED) is 0.698. The minimum absolute atomic E-state index is 0.115. The molecule has 3 heteroatoms. The average Bonchev–Trinajstić information content (AvgIpc) is 2.55. The Kier molecular flexibility index (Phi) is 3.59. The molecule has 0 aromatic rings. The third-order valence-electron chi connectivity index (χ3n) is 5.59. The van der Waals surface area contributed by atoms with E-state index in [1.54, 1.807) is 0 Å². The molecule has 0 aromatic carbocycles. The van der Waals surface area contributed by atoms with E-state index < -0.39 is 8.32 Å². The molecule has 1 saturated carbocycles. The second-order valence-corrected chi connectivity index (χ2v) is 12.7. The van der Waals surface area contributed by atoms with Gasteiger partial charge in [-0.05, 0) is 43.5 Å². The molecule has 2 rings (SSSR count). The van der Waals surface area contributed by atoms with Crippen LogP contribution in [0.15, 0.2) is 11.6 Å². The fourth-order valence-electron chi connectivity index (χ4n) is 3.03. The van der Waals surface area contributed by atoms with Crippen molar-refractivity contribution in [1.82, 2.24) is 0 Å². The first-order chi connectivity index (χ1) is 8.56. The van der Waals surface area contributed by atoms with E-state index in [-0.39, 0.29) is 10.5 Å². The number of carbonyl (C=O) groups is 1. The highest BCUT2D eigenvalue weighted by atomic mass is 28.4. The molecule has 19 heavy (non-hydrogen) atoms. The van der Waals surface area contributed by atoms with E-state index >= 15 is 0 Å². The van der Waals surface area contributed by atoms with Crippen LogP contribution in [0.3, 0.4) is 0 Å².